The second-order valence-corrected chi connectivity index (χ2v) is 1.10. The largest absolute Gasteiger partial charge is 0.377 e. The molecule has 4 heteroatoms. The topological polar surface area (TPSA) is 9.23 Å². The normalized spacial score (nSPS) is 9.00. The first-order valence-electron chi connectivity index (χ1n) is 1.87. The van der Waals surface area contributed by atoms with Crippen molar-refractivity contribution in [1.29, 1.82) is 0 Å². The summed E-state index contributed by atoms with van der Waals surface area (Å²) in [6.45, 7) is -0.650. The van der Waals surface area contributed by atoms with Crippen LogP contribution in [0.5, 0.6) is 0 Å². The molecule has 0 saturated carbocycles. The van der Waals surface area contributed by atoms with Gasteiger partial charge >= 0.3 is 6.08 Å². The van der Waals surface area contributed by atoms with Crippen LogP contribution in [-0.2, 0) is 4.74 Å². The number of hydrogen-bond acceptors (Lipinski definition) is 1. The van der Waals surface area contributed by atoms with Crippen LogP contribution in [0.15, 0.2) is 11.9 Å². The first-order chi connectivity index (χ1) is 3.68. The molecule has 0 saturated heterocycles. The summed E-state index contributed by atoms with van der Waals surface area (Å²) >= 11 is 0. The Hall–Kier alpha value is -0.510. The molecule has 0 atom stereocenters. The molecule has 0 rings (SSSR count). The van der Waals surface area contributed by atoms with E-state index in [0.717, 1.165) is 7.11 Å². The van der Waals surface area contributed by atoms with E-state index in [2.05, 4.69) is 4.74 Å². The summed E-state index contributed by atoms with van der Waals surface area (Å²) in [4.78, 5) is 0. The van der Waals surface area contributed by atoms with Crippen LogP contribution in [0.2, 0.25) is 0 Å². The van der Waals surface area contributed by atoms with Crippen LogP contribution in [-0.4, -0.2) is 13.7 Å². The van der Waals surface area contributed by atoms with Crippen LogP contribution in [0.3, 0.4) is 0 Å². The molecule has 0 amide bonds. The summed E-state index contributed by atoms with van der Waals surface area (Å²) < 4.78 is 37.7. The maximum atomic E-state index is 11.5. The number of ether oxygens (including phenoxy) is 1. The lowest BCUT2D eigenvalue weighted by atomic mass is 10.6. The van der Waals surface area contributed by atoms with Crippen LogP contribution < -0.4 is 0 Å². The highest BCUT2D eigenvalue weighted by atomic mass is 19.3. The van der Waals surface area contributed by atoms with Crippen molar-refractivity contribution in [1.82, 2.24) is 0 Å². The highest BCUT2D eigenvalue weighted by molar-refractivity contribution is 4.90. The van der Waals surface area contributed by atoms with Gasteiger partial charge in [-0.25, -0.2) is 4.39 Å². The average Bonchev–Trinajstić information content (AvgIpc) is 1.67. The van der Waals surface area contributed by atoms with E-state index in [1.807, 2.05) is 0 Å². The third-order valence-corrected chi connectivity index (χ3v) is 0.476. The van der Waals surface area contributed by atoms with Crippen LogP contribution in [0, 0.1) is 0 Å². The van der Waals surface area contributed by atoms with Crippen molar-refractivity contribution >= 4 is 0 Å². The third kappa shape index (κ3) is 2.63. The van der Waals surface area contributed by atoms with Crippen LogP contribution in [0.4, 0.5) is 13.2 Å². The Kier molecular flexibility index (Phi) is 3.26. The van der Waals surface area contributed by atoms with Crippen molar-refractivity contribution in [2.75, 3.05) is 13.7 Å². The Balaban J connectivity index is 3.62. The second kappa shape index (κ2) is 3.49. The van der Waals surface area contributed by atoms with Crippen LogP contribution in [0.25, 0.3) is 0 Å². The quantitative estimate of drug-likeness (QED) is 0.547. The first kappa shape index (κ1) is 7.49. The van der Waals surface area contributed by atoms with E-state index >= 15 is 0 Å². The van der Waals surface area contributed by atoms with Gasteiger partial charge in [-0.3, -0.25) is 0 Å². The van der Waals surface area contributed by atoms with E-state index < -0.39 is 18.5 Å². The predicted octanol–water partition coefficient (Wildman–Crippen LogP) is 1.71. The molecule has 0 aliphatic carbocycles. The SMILES string of the molecule is COCC(F)=C(F)F. The molecule has 0 bridgehead atoms. The molecule has 0 unspecified atom stereocenters. The van der Waals surface area contributed by atoms with Gasteiger partial charge in [0.1, 0.15) is 6.61 Å². The fraction of sp³-hybridized carbons (Fsp3) is 0.500. The molecule has 8 heavy (non-hydrogen) atoms. The second-order valence-electron chi connectivity index (χ2n) is 1.10. The summed E-state index contributed by atoms with van der Waals surface area (Å²) in [5, 5.41) is 0. The Bertz CT molecular complexity index is 95.5. The van der Waals surface area contributed by atoms with Gasteiger partial charge in [0.25, 0.3) is 0 Å². The van der Waals surface area contributed by atoms with E-state index in [1.165, 1.54) is 0 Å². The Morgan fingerprint density at radius 1 is 1.38 bits per heavy atom. The molecule has 0 heterocycles. The van der Waals surface area contributed by atoms with Crippen molar-refractivity contribution < 1.29 is 17.9 Å². The van der Waals surface area contributed by atoms with Gasteiger partial charge in [-0.15, -0.1) is 0 Å². The third-order valence-electron chi connectivity index (χ3n) is 0.476. The van der Waals surface area contributed by atoms with Gasteiger partial charge in [0.05, 0.1) is 0 Å². The monoisotopic (exact) mass is 126 g/mol. The molecular weight excluding hydrogens is 121 g/mol. The molecule has 0 radical (unpaired) electrons. The van der Waals surface area contributed by atoms with E-state index in [-0.39, 0.29) is 0 Å². The molecule has 0 aliphatic heterocycles. The zero-order valence-corrected chi connectivity index (χ0v) is 4.25. The minimum atomic E-state index is -2.31. The van der Waals surface area contributed by atoms with Gasteiger partial charge in [0, 0.05) is 7.11 Å². The zero-order valence-electron chi connectivity index (χ0n) is 4.25. The molecule has 0 aliphatic rings. The highest BCUT2D eigenvalue weighted by Crippen LogP contribution is 2.07. The van der Waals surface area contributed by atoms with Crippen molar-refractivity contribution in [3.05, 3.63) is 11.9 Å². The summed E-state index contributed by atoms with van der Waals surface area (Å²) in [6, 6.07) is 0. The van der Waals surface area contributed by atoms with E-state index in [9.17, 15) is 13.2 Å². The Labute approximate surface area is 44.8 Å². The average molecular weight is 126 g/mol. The fourth-order valence-electron chi connectivity index (χ4n) is 0.181. The highest BCUT2D eigenvalue weighted by Gasteiger charge is 2.01. The molecule has 0 spiro atoms. The summed E-state index contributed by atoms with van der Waals surface area (Å²) in [5.41, 5.74) is 0. The molecule has 0 fully saturated rings. The molecule has 0 aromatic rings. The van der Waals surface area contributed by atoms with Crippen molar-refractivity contribution in [3.8, 4) is 0 Å². The van der Waals surface area contributed by atoms with Crippen LogP contribution >= 0.6 is 0 Å². The molecular formula is C4H5F3O. The molecule has 1 nitrogen and oxygen atoms in total. The van der Waals surface area contributed by atoms with E-state index in [4.69, 9.17) is 0 Å². The fourth-order valence-corrected chi connectivity index (χ4v) is 0.181. The lowest BCUT2D eigenvalue weighted by molar-refractivity contribution is 0.194. The van der Waals surface area contributed by atoms with Crippen molar-refractivity contribution in [2.45, 2.75) is 0 Å². The minimum Gasteiger partial charge on any atom is -0.377 e. The van der Waals surface area contributed by atoms with Gasteiger partial charge in [-0.1, -0.05) is 0 Å². The predicted molar refractivity (Wildman–Crippen MR) is 22.2 cm³/mol. The maximum absolute atomic E-state index is 11.5. The van der Waals surface area contributed by atoms with Gasteiger partial charge in [-0.2, -0.15) is 8.78 Å². The smallest absolute Gasteiger partial charge is 0.303 e. The van der Waals surface area contributed by atoms with Crippen molar-refractivity contribution in [2.24, 2.45) is 0 Å². The number of methoxy groups -OCH3 is 1. The first-order valence-corrected chi connectivity index (χ1v) is 1.87. The lowest BCUT2D eigenvalue weighted by Gasteiger charge is -1.89. The van der Waals surface area contributed by atoms with Crippen molar-refractivity contribution in [3.63, 3.8) is 0 Å². The van der Waals surface area contributed by atoms with Gasteiger partial charge in [-0.05, 0) is 0 Å². The summed E-state index contributed by atoms with van der Waals surface area (Å²) in [6.07, 6.45) is -2.31. The molecule has 0 aromatic carbocycles. The van der Waals surface area contributed by atoms with Crippen LogP contribution in [0.1, 0.15) is 0 Å². The molecule has 0 N–H and O–H groups in total. The van der Waals surface area contributed by atoms with Gasteiger partial charge in [0.15, 0.2) is 5.83 Å². The van der Waals surface area contributed by atoms with E-state index in [1.54, 1.807) is 0 Å². The van der Waals surface area contributed by atoms with E-state index in [0.29, 0.717) is 0 Å². The number of hydrogen-bond donors (Lipinski definition) is 0. The lowest BCUT2D eigenvalue weighted by Crippen LogP contribution is -1.88. The van der Waals surface area contributed by atoms with Gasteiger partial charge < -0.3 is 4.74 Å². The number of rotatable bonds is 2. The standard InChI is InChI=1S/C4H5F3O/c1-8-2-3(5)4(6)7/h2H2,1H3. The Morgan fingerprint density at radius 2 is 1.88 bits per heavy atom. The zero-order chi connectivity index (χ0) is 6.57. The summed E-state index contributed by atoms with van der Waals surface area (Å²) in [7, 11) is 1.14. The maximum Gasteiger partial charge on any atom is 0.303 e. The molecule has 0 aromatic heterocycles. The summed E-state index contributed by atoms with van der Waals surface area (Å²) in [5.74, 6) is -1.51. The molecule has 48 valence electrons. The number of halogens is 3. The Morgan fingerprint density at radius 3 is 2.00 bits per heavy atom. The minimum absolute atomic E-state index is 0.650. The van der Waals surface area contributed by atoms with Gasteiger partial charge in [0.2, 0.25) is 0 Å².